The fourth-order valence-corrected chi connectivity index (χ4v) is 2.25. The lowest BCUT2D eigenvalue weighted by Gasteiger charge is -2.07. The van der Waals surface area contributed by atoms with Crippen LogP contribution in [0.5, 0.6) is 0 Å². The molecule has 1 aromatic carbocycles. The molecule has 5 nitrogen and oxygen atoms in total. The number of nitrogens with one attached hydrogen (secondary N) is 1. The number of esters is 1. The highest BCUT2D eigenvalue weighted by Gasteiger charge is 2.11. The zero-order chi connectivity index (χ0) is 17.4. The second-order valence-electron chi connectivity index (χ2n) is 5.29. The van der Waals surface area contributed by atoms with Crippen LogP contribution in [-0.4, -0.2) is 23.5 Å². The lowest BCUT2D eigenvalue weighted by molar-refractivity contribution is -0.119. The number of carbonyl (C=O) groups excluding carboxylic acids is 2. The number of anilines is 1. The molecular weight excluding hydrogens is 328 g/mol. The maximum absolute atomic E-state index is 11.8. The monoisotopic (exact) mass is 346 g/mol. The number of nitrogens with zero attached hydrogens (tertiary/aromatic N) is 1. The number of carbonyl (C=O) groups is 2. The van der Waals surface area contributed by atoms with Crippen LogP contribution < -0.4 is 5.32 Å². The summed E-state index contributed by atoms with van der Waals surface area (Å²) in [6.07, 6.45) is 4.71. The lowest BCUT2D eigenvalue weighted by atomic mass is 10.1. The van der Waals surface area contributed by atoms with Crippen LogP contribution in [-0.2, 0) is 16.0 Å². The van der Waals surface area contributed by atoms with Crippen molar-refractivity contribution in [2.75, 3.05) is 11.9 Å². The van der Waals surface area contributed by atoms with Crippen molar-refractivity contribution < 1.29 is 14.3 Å². The third-order valence-electron chi connectivity index (χ3n) is 3.35. The van der Waals surface area contributed by atoms with Gasteiger partial charge < -0.3 is 10.1 Å². The molecule has 0 aliphatic carbocycles. The van der Waals surface area contributed by atoms with E-state index in [2.05, 4.69) is 17.2 Å². The van der Waals surface area contributed by atoms with Crippen molar-refractivity contribution in [1.29, 1.82) is 0 Å². The number of pyridine rings is 1. The van der Waals surface area contributed by atoms with Gasteiger partial charge in [0.25, 0.3) is 5.91 Å². The SMILES string of the molecule is CCCCc1ccc(NC(=O)COC(=O)c2ccnc(Cl)c2)cc1. The molecule has 0 aliphatic rings. The molecule has 1 N–H and O–H groups in total. The third-order valence-corrected chi connectivity index (χ3v) is 3.56. The van der Waals surface area contributed by atoms with Crippen molar-refractivity contribution in [2.45, 2.75) is 26.2 Å². The molecule has 6 heteroatoms. The second-order valence-corrected chi connectivity index (χ2v) is 5.68. The van der Waals surface area contributed by atoms with E-state index in [9.17, 15) is 9.59 Å². The van der Waals surface area contributed by atoms with Gasteiger partial charge in [-0.15, -0.1) is 0 Å². The number of hydrogen-bond acceptors (Lipinski definition) is 4. The standard InChI is InChI=1S/C18H19ClN2O3/c1-2-3-4-13-5-7-15(8-6-13)21-17(22)12-24-18(23)14-9-10-20-16(19)11-14/h5-11H,2-4,12H2,1H3,(H,21,22). The van der Waals surface area contributed by atoms with Crippen molar-refractivity contribution in [3.63, 3.8) is 0 Å². The molecule has 0 saturated heterocycles. The van der Waals surface area contributed by atoms with Crippen molar-refractivity contribution in [3.05, 3.63) is 58.9 Å². The molecular formula is C18H19ClN2O3. The van der Waals surface area contributed by atoms with Gasteiger partial charge in [-0.3, -0.25) is 4.79 Å². The zero-order valence-corrected chi connectivity index (χ0v) is 14.2. The Bertz CT molecular complexity index is 702. The fourth-order valence-electron chi connectivity index (χ4n) is 2.08. The van der Waals surface area contributed by atoms with Gasteiger partial charge >= 0.3 is 5.97 Å². The normalized spacial score (nSPS) is 10.2. The van der Waals surface area contributed by atoms with E-state index < -0.39 is 11.9 Å². The number of aryl methyl sites for hydroxylation is 1. The number of benzene rings is 1. The van der Waals surface area contributed by atoms with E-state index in [0.29, 0.717) is 5.69 Å². The fraction of sp³-hybridized carbons (Fsp3) is 0.278. The van der Waals surface area contributed by atoms with Gasteiger partial charge in [0.05, 0.1) is 5.56 Å². The van der Waals surface area contributed by atoms with Gasteiger partial charge in [-0.05, 0) is 42.7 Å². The summed E-state index contributed by atoms with van der Waals surface area (Å²) in [7, 11) is 0. The van der Waals surface area contributed by atoms with Crippen LogP contribution in [0.1, 0.15) is 35.7 Å². The Balaban J connectivity index is 1.81. The van der Waals surface area contributed by atoms with Gasteiger partial charge in [-0.2, -0.15) is 0 Å². The molecule has 0 fully saturated rings. The zero-order valence-electron chi connectivity index (χ0n) is 13.4. The minimum absolute atomic E-state index is 0.192. The van der Waals surface area contributed by atoms with E-state index in [0.717, 1.165) is 19.3 Å². The second kappa shape index (κ2) is 9.03. The Morgan fingerprint density at radius 2 is 1.96 bits per heavy atom. The number of ether oxygens (including phenoxy) is 1. The molecule has 126 valence electrons. The minimum Gasteiger partial charge on any atom is -0.452 e. The summed E-state index contributed by atoms with van der Waals surface area (Å²) in [4.78, 5) is 27.4. The molecule has 0 atom stereocenters. The first-order valence-corrected chi connectivity index (χ1v) is 8.13. The molecule has 0 bridgehead atoms. The molecule has 1 heterocycles. The maximum atomic E-state index is 11.8. The van der Waals surface area contributed by atoms with E-state index in [1.165, 1.54) is 23.9 Å². The molecule has 0 spiro atoms. The summed E-state index contributed by atoms with van der Waals surface area (Å²) in [5.74, 6) is -1.02. The molecule has 24 heavy (non-hydrogen) atoms. The number of amides is 1. The largest absolute Gasteiger partial charge is 0.452 e. The summed E-state index contributed by atoms with van der Waals surface area (Å²) in [5.41, 5.74) is 2.15. The van der Waals surface area contributed by atoms with Crippen molar-refractivity contribution in [1.82, 2.24) is 4.98 Å². The van der Waals surface area contributed by atoms with Crippen molar-refractivity contribution >= 4 is 29.2 Å². The van der Waals surface area contributed by atoms with Crippen LogP contribution in [0.3, 0.4) is 0 Å². The molecule has 0 aliphatic heterocycles. The molecule has 1 aromatic heterocycles. The average molecular weight is 347 g/mol. The maximum Gasteiger partial charge on any atom is 0.338 e. The van der Waals surface area contributed by atoms with Crippen LogP contribution in [0.2, 0.25) is 5.15 Å². The van der Waals surface area contributed by atoms with Crippen molar-refractivity contribution in [2.24, 2.45) is 0 Å². The molecule has 2 rings (SSSR count). The number of rotatable bonds is 7. The van der Waals surface area contributed by atoms with E-state index in [1.54, 1.807) is 0 Å². The van der Waals surface area contributed by atoms with Gasteiger partial charge in [0.15, 0.2) is 6.61 Å². The highest BCUT2D eigenvalue weighted by atomic mass is 35.5. The lowest BCUT2D eigenvalue weighted by Crippen LogP contribution is -2.20. The summed E-state index contributed by atoms with van der Waals surface area (Å²) in [6, 6.07) is 10.5. The summed E-state index contributed by atoms with van der Waals surface area (Å²) >= 11 is 5.71. The predicted octanol–water partition coefficient (Wildman–Crippen LogP) is 3.87. The Morgan fingerprint density at radius 3 is 2.62 bits per heavy atom. The van der Waals surface area contributed by atoms with Gasteiger partial charge in [-0.1, -0.05) is 37.1 Å². The van der Waals surface area contributed by atoms with Gasteiger partial charge in [0.2, 0.25) is 0 Å². The molecule has 0 radical (unpaired) electrons. The molecule has 0 saturated carbocycles. The first-order chi connectivity index (χ1) is 11.6. The smallest absolute Gasteiger partial charge is 0.338 e. The number of halogens is 1. The van der Waals surface area contributed by atoms with Crippen LogP contribution in [0.25, 0.3) is 0 Å². The topological polar surface area (TPSA) is 68.3 Å². The quantitative estimate of drug-likeness (QED) is 0.610. The summed E-state index contributed by atoms with van der Waals surface area (Å²) in [6.45, 7) is 1.78. The van der Waals surface area contributed by atoms with E-state index in [-0.39, 0.29) is 17.3 Å². The summed E-state index contributed by atoms with van der Waals surface area (Å²) < 4.78 is 4.96. The predicted molar refractivity (Wildman–Crippen MR) is 93.2 cm³/mol. The van der Waals surface area contributed by atoms with Crippen LogP contribution in [0.4, 0.5) is 5.69 Å². The van der Waals surface area contributed by atoms with E-state index in [4.69, 9.17) is 16.3 Å². The van der Waals surface area contributed by atoms with Gasteiger partial charge in [-0.25, -0.2) is 9.78 Å². The van der Waals surface area contributed by atoms with E-state index in [1.807, 2.05) is 24.3 Å². The highest BCUT2D eigenvalue weighted by Crippen LogP contribution is 2.12. The van der Waals surface area contributed by atoms with Crippen LogP contribution >= 0.6 is 11.6 Å². The Labute approximate surface area is 146 Å². The first kappa shape index (κ1) is 17.9. The minimum atomic E-state index is -0.621. The Hall–Kier alpha value is -2.40. The van der Waals surface area contributed by atoms with Crippen LogP contribution in [0, 0.1) is 0 Å². The average Bonchev–Trinajstić information content (AvgIpc) is 2.59. The first-order valence-electron chi connectivity index (χ1n) is 7.76. The van der Waals surface area contributed by atoms with Crippen LogP contribution in [0.15, 0.2) is 42.6 Å². The van der Waals surface area contributed by atoms with Crippen molar-refractivity contribution in [3.8, 4) is 0 Å². The highest BCUT2D eigenvalue weighted by molar-refractivity contribution is 6.29. The molecule has 0 unspecified atom stereocenters. The summed E-state index contributed by atoms with van der Waals surface area (Å²) in [5, 5.41) is 2.88. The molecule has 2 aromatic rings. The Morgan fingerprint density at radius 1 is 1.21 bits per heavy atom. The Kier molecular flexibility index (Phi) is 6.75. The number of aromatic nitrogens is 1. The molecule has 1 amide bonds. The van der Waals surface area contributed by atoms with Gasteiger partial charge in [0.1, 0.15) is 5.15 Å². The number of hydrogen-bond donors (Lipinski definition) is 1. The third kappa shape index (κ3) is 5.66. The van der Waals surface area contributed by atoms with E-state index >= 15 is 0 Å². The van der Waals surface area contributed by atoms with Gasteiger partial charge in [0, 0.05) is 11.9 Å². The number of unbranched alkanes of at least 4 members (excludes halogenated alkanes) is 1.